The predicted octanol–water partition coefficient (Wildman–Crippen LogP) is 1.96. The molecule has 1 aromatic heterocycles. The van der Waals surface area contributed by atoms with Gasteiger partial charge in [-0.3, -0.25) is 4.68 Å². The average Bonchev–Trinajstić information content (AvgIpc) is 2.77. The minimum Gasteiger partial charge on any atom is -0.395 e. The zero-order valence-electron chi connectivity index (χ0n) is 11.3. The van der Waals surface area contributed by atoms with E-state index in [1.54, 1.807) is 0 Å². The second-order valence-corrected chi connectivity index (χ2v) is 4.96. The molecule has 0 aromatic carbocycles. The predicted molar refractivity (Wildman–Crippen MR) is 69.8 cm³/mol. The highest BCUT2D eigenvalue weighted by molar-refractivity contribution is 4.99. The van der Waals surface area contributed by atoms with Crippen LogP contribution in [0.15, 0.2) is 12.3 Å². The Balaban J connectivity index is 2.49. The normalized spacial score (nSPS) is 15.2. The van der Waals surface area contributed by atoms with Crippen molar-refractivity contribution in [3.63, 3.8) is 0 Å². The lowest BCUT2D eigenvalue weighted by atomic mass is 10.1. The van der Waals surface area contributed by atoms with Gasteiger partial charge in [-0.05, 0) is 25.3 Å². The molecule has 0 aliphatic carbocycles. The summed E-state index contributed by atoms with van der Waals surface area (Å²) in [5, 5.41) is 17.1. The van der Waals surface area contributed by atoms with Crippen molar-refractivity contribution < 1.29 is 5.11 Å². The molecule has 0 bridgehead atoms. The first-order valence-corrected chi connectivity index (χ1v) is 6.46. The molecule has 4 heteroatoms. The Morgan fingerprint density at radius 1 is 1.41 bits per heavy atom. The van der Waals surface area contributed by atoms with Crippen LogP contribution >= 0.6 is 0 Å². The maximum absolute atomic E-state index is 9.22. The van der Waals surface area contributed by atoms with Gasteiger partial charge in [0.1, 0.15) is 0 Å². The summed E-state index contributed by atoms with van der Waals surface area (Å²) < 4.78 is 2.00. The average molecular weight is 239 g/mol. The van der Waals surface area contributed by atoms with Crippen molar-refractivity contribution in [1.29, 1.82) is 0 Å². The molecule has 0 aliphatic rings. The highest BCUT2D eigenvalue weighted by Gasteiger charge is 2.12. The van der Waals surface area contributed by atoms with Gasteiger partial charge in [-0.25, -0.2) is 0 Å². The summed E-state index contributed by atoms with van der Waals surface area (Å²) in [7, 11) is 0. The van der Waals surface area contributed by atoms with E-state index in [1.807, 2.05) is 16.9 Å². The topological polar surface area (TPSA) is 50.1 Å². The molecule has 2 atom stereocenters. The number of hydrogen-bond acceptors (Lipinski definition) is 3. The lowest BCUT2D eigenvalue weighted by molar-refractivity contribution is 0.209. The summed E-state index contributed by atoms with van der Waals surface area (Å²) in [4.78, 5) is 0. The van der Waals surface area contributed by atoms with E-state index in [0.29, 0.717) is 18.5 Å². The number of rotatable bonds is 7. The SMILES string of the molecule is CCC(C)n1ccc(CNC(CO)C(C)C)n1. The molecule has 1 aromatic rings. The third-order valence-corrected chi connectivity index (χ3v) is 3.25. The van der Waals surface area contributed by atoms with Crippen LogP contribution in [-0.4, -0.2) is 27.5 Å². The van der Waals surface area contributed by atoms with E-state index in [9.17, 15) is 5.11 Å². The molecule has 1 rings (SSSR count). The number of nitrogens with one attached hydrogen (secondary N) is 1. The molecular weight excluding hydrogens is 214 g/mol. The number of aromatic nitrogens is 2. The van der Waals surface area contributed by atoms with E-state index >= 15 is 0 Å². The number of aliphatic hydroxyl groups is 1. The van der Waals surface area contributed by atoms with Crippen molar-refractivity contribution >= 4 is 0 Å². The third-order valence-electron chi connectivity index (χ3n) is 3.25. The summed E-state index contributed by atoms with van der Waals surface area (Å²) in [5.74, 6) is 0.427. The Kier molecular flexibility index (Phi) is 5.65. The number of aliphatic hydroxyl groups excluding tert-OH is 1. The zero-order valence-corrected chi connectivity index (χ0v) is 11.3. The van der Waals surface area contributed by atoms with Gasteiger partial charge in [-0.2, -0.15) is 5.10 Å². The van der Waals surface area contributed by atoms with Crippen LogP contribution in [0.1, 0.15) is 45.9 Å². The van der Waals surface area contributed by atoms with E-state index in [4.69, 9.17) is 0 Å². The van der Waals surface area contributed by atoms with Gasteiger partial charge in [0.25, 0.3) is 0 Å². The fourth-order valence-electron chi connectivity index (χ4n) is 1.65. The van der Waals surface area contributed by atoms with Crippen molar-refractivity contribution in [3.8, 4) is 0 Å². The first-order chi connectivity index (χ1) is 8.08. The Hall–Kier alpha value is -0.870. The lowest BCUT2D eigenvalue weighted by Gasteiger charge is -2.19. The van der Waals surface area contributed by atoms with E-state index in [-0.39, 0.29) is 12.6 Å². The maximum Gasteiger partial charge on any atom is 0.0762 e. The van der Waals surface area contributed by atoms with Gasteiger partial charge in [-0.1, -0.05) is 20.8 Å². The first-order valence-electron chi connectivity index (χ1n) is 6.46. The molecule has 0 fully saturated rings. The second kappa shape index (κ2) is 6.77. The third kappa shape index (κ3) is 4.13. The standard InChI is InChI=1S/C13H25N3O/c1-5-11(4)16-7-6-12(15-16)8-14-13(9-17)10(2)3/h6-7,10-11,13-14,17H,5,8-9H2,1-4H3. The van der Waals surface area contributed by atoms with Gasteiger partial charge in [0.15, 0.2) is 0 Å². The van der Waals surface area contributed by atoms with Gasteiger partial charge >= 0.3 is 0 Å². The molecule has 17 heavy (non-hydrogen) atoms. The molecular formula is C13H25N3O. The van der Waals surface area contributed by atoms with Crippen molar-refractivity contribution in [2.24, 2.45) is 5.92 Å². The molecule has 0 saturated heterocycles. The van der Waals surface area contributed by atoms with Gasteiger partial charge in [0.05, 0.1) is 12.3 Å². The molecule has 2 unspecified atom stereocenters. The number of hydrogen-bond donors (Lipinski definition) is 2. The van der Waals surface area contributed by atoms with Crippen molar-refractivity contribution in [3.05, 3.63) is 18.0 Å². The quantitative estimate of drug-likeness (QED) is 0.764. The number of nitrogens with zero attached hydrogens (tertiary/aromatic N) is 2. The van der Waals surface area contributed by atoms with Crippen LogP contribution in [0.25, 0.3) is 0 Å². The summed E-state index contributed by atoms with van der Waals surface area (Å²) in [6, 6.07) is 2.62. The summed E-state index contributed by atoms with van der Waals surface area (Å²) in [6.07, 6.45) is 3.11. The summed E-state index contributed by atoms with van der Waals surface area (Å²) >= 11 is 0. The molecule has 0 radical (unpaired) electrons. The van der Waals surface area contributed by atoms with Gasteiger partial charge in [-0.15, -0.1) is 0 Å². The smallest absolute Gasteiger partial charge is 0.0762 e. The monoisotopic (exact) mass is 239 g/mol. The Bertz CT molecular complexity index is 322. The van der Waals surface area contributed by atoms with Gasteiger partial charge in [0.2, 0.25) is 0 Å². The van der Waals surface area contributed by atoms with Crippen LogP contribution in [0.4, 0.5) is 0 Å². The molecule has 0 aliphatic heterocycles. The highest BCUT2D eigenvalue weighted by atomic mass is 16.3. The van der Waals surface area contributed by atoms with Crippen LogP contribution < -0.4 is 5.32 Å². The largest absolute Gasteiger partial charge is 0.395 e. The van der Waals surface area contributed by atoms with E-state index in [1.165, 1.54) is 0 Å². The zero-order chi connectivity index (χ0) is 12.8. The minimum absolute atomic E-state index is 0.142. The molecule has 98 valence electrons. The fraction of sp³-hybridized carbons (Fsp3) is 0.769. The summed E-state index contributed by atoms with van der Waals surface area (Å²) in [5.41, 5.74) is 1.03. The molecule has 1 heterocycles. The van der Waals surface area contributed by atoms with Crippen LogP contribution in [0.2, 0.25) is 0 Å². The van der Waals surface area contributed by atoms with Crippen molar-refractivity contribution in [2.45, 2.75) is 52.7 Å². The van der Waals surface area contributed by atoms with E-state index in [2.05, 4.69) is 38.1 Å². The Morgan fingerprint density at radius 3 is 2.65 bits per heavy atom. The first kappa shape index (κ1) is 14.2. The summed E-state index contributed by atoms with van der Waals surface area (Å²) in [6.45, 7) is 9.41. The van der Waals surface area contributed by atoms with Crippen LogP contribution in [0, 0.1) is 5.92 Å². The van der Waals surface area contributed by atoms with Crippen molar-refractivity contribution in [2.75, 3.05) is 6.61 Å². The van der Waals surface area contributed by atoms with E-state index in [0.717, 1.165) is 12.1 Å². The molecule has 0 spiro atoms. The maximum atomic E-state index is 9.22. The molecule has 0 amide bonds. The second-order valence-electron chi connectivity index (χ2n) is 4.96. The Labute approximate surface area is 104 Å². The minimum atomic E-state index is 0.142. The molecule has 0 saturated carbocycles. The lowest BCUT2D eigenvalue weighted by Crippen LogP contribution is -2.36. The fourth-order valence-corrected chi connectivity index (χ4v) is 1.65. The molecule has 4 nitrogen and oxygen atoms in total. The highest BCUT2D eigenvalue weighted by Crippen LogP contribution is 2.09. The van der Waals surface area contributed by atoms with Gasteiger partial charge in [0, 0.05) is 24.8 Å². The van der Waals surface area contributed by atoms with Crippen molar-refractivity contribution in [1.82, 2.24) is 15.1 Å². The van der Waals surface area contributed by atoms with Crippen LogP contribution in [0.3, 0.4) is 0 Å². The van der Waals surface area contributed by atoms with Gasteiger partial charge < -0.3 is 10.4 Å². The molecule has 2 N–H and O–H groups in total. The van der Waals surface area contributed by atoms with E-state index < -0.39 is 0 Å². The Morgan fingerprint density at radius 2 is 2.12 bits per heavy atom. The van der Waals surface area contributed by atoms with Crippen LogP contribution in [-0.2, 0) is 6.54 Å². The van der Waals surface area contributed by atoms with Crippen LogP contribution in [0.5, 0.6) is 0 Å².